The third-order valence-corrected chi connectivity index (χ3v) is 2.96. The van der Waals surface area contributed by atoms with Crippen LogP contribution in [0.25, 0.3) is 0 Å². The van der Waals surface area contributed by atoms with Gasteiger partial charge in [0, 0.05) is 18.6 Å². The molecule has 0 radical (unpaired) electrons. The molecule has 2 nitrogen and oxygen atoms in total. The molecule has 0 fully saturated rings. The van der Waals surface area contributed by atoms with Crippen LogP contribution in [0.5, 0.6) is 5.75 Å². The Kier molecular flexibility index (Phi) is 4.29. The Balaban J connectivity index is 2.25. The maximum Gasteiger partial charge on any atom is 0.135 e. The van der Waals surface area contributed by atoms with E-state index in [1.807, 2.05) is 0 Å². The molecular weight excluding hydrogens is 269 g/mol. The number of ether oxygens (including phenoxy) is 1. The van der Waals surface area contributed by atoms with Crippen molar-refractivity contribution in [3.05, 3.63) is 65.0 Å². The van der Waals surface area contributed by atoms with E-state index in [2.05, 4.69) is 0 Å². The van der Waals surface area contributed by atoms with E-state index in [0.717, 1.165) is 12.1 Å². The van der Waals surface area contributed by atoms with Gasteiger partial charge in [0.1, 0.15) is 23.2 Å². The standard InChI is InChI=1S/C15H13F3O2/c1-20-11-7-12(17)15(13(18)8-11)14(19)6-9-2-4-10(16)5-3-9/h2-5,7-8,14,19H,6H2,1H3. The second-order valence-corrected chi connectivity index (χ2v) is 4.35. The quantitative estimate of drug-likeness (QED) is 0.931. The molecule has 2 aromatic carbocycles. The average Bonchev–Trinajstić information content (AvgIpc) is 2.40. The van der Waals surface area contributed by atoms with Crippen LogP contribution in [0.4, 0.5) is 13.2 Å². The molecule has 0 bridgehead atoms. The Morgan fingerprint density at radius 2 is 1.60 bits per heavy atom. The molecule has 5 heteroatoms. The summed E-state index contributed by atoms with van der Waals surface area (Å²) in [7, 11) is 1.29. The fraction of sp³-hybridized carbons (Fsp3) is 0.200. The normalized spacial score (nSPS) is 12.2. The number of methoxy groups -OCH3 is 1. The van der Waals surface area contributed by atoms with E-state index in [1.165, 1.54) is 31.4 Å². The largest absolute Gasteiger partial charge is 0.497 e. The zero-order valence-corrected chi connectivity index (χ0v) is 10.7. The van der Waals surface area contributed by atoms with Crippen molar-refractivity contribution in [2.45, 2.75) is 12.5 Å². The molecule has 0 spiro atoms. The van der Waals surface area contributed by atoms with Crippen LogP contribution >= 0.6 is 0 Å². The number of hydrogen-bond acceptors (Lipinski definition) is 2. The third-order valence-electron chi connectivity index (χ3n) is 2.96. The fourth-order valence-electron chi connectivity index (χ4n) is 1.94. The molecule has 1 unspecified atom stereocenters. The fourth-order valence-corrected chi connectivity index (χ4v) is 1.94. The summed E-state index contributed by atoms with van der Waals surface area (Å²) in [5.41, 5.74) is 0.156. The first kappa shape index (κ1) is 14.4. The molecule has 2 rings (SSSR count). The minimum absolute atomic E-state index is 0.0134. The van der Waals surface area contributed by atoms with Crippen molar-refractivity contribution in [2.75, 3.05) is 7.11 Å². The predicted octanol–water partition coefficient (Wildman–Crippen LogP) is 3.39. The lowest BCUT2D eigenvalue weighted by Crippen LogP contribution is -2.08. The highest BCUT2D eigenvalue weighted by Crippen LogP contribution is 2.27. The highest BCUT2D eigenvalue weighted by molar-refractivity contribution is 5.33. The molecule has 2 aromatic rings. The second-order valence-electron chi connectivity index (χ2n) is 4.35. The second kappa shape index (κ2) is 5.96. The summed E-state index contributed by atoms with van der Waals surface area (Å²) >= 11 is 0. The van der Waals surface area contributed by atoms with Crippen LogP contribution in [0.15, 0.2) is 36.4 Å². The van der Waals surface area contributed by atoms with Crippen molar-refractivity contribution >= 4 is 0 Å². The molecule has 20 heavy (non-hydrogen) atoms. The van der Waals surface area contributed by atoms with E-state index in [0.29, 0.717) is 5.56 Å². The van der Waals surface area contributed by atoms with E-state index < -0.39 is 29.1 Å². The van der Waals surface area contributed by atoms with Crippen molar-refractivity contribution in [1.29, 1.82) is 0 Å². The first-order chi connectivity index (χ1) is 9.51. The average molecular weight is 282 g/mol. The van der Waals surface area contributed by atoms with Crippen molar-refractivity contribution in [3.8, 4) is 5.75 Å². The lowest BCUT2D eigenvalue weighted by molar-refractivity contribution is 0.168. The topological polar surface area (TPSA) is 29.5 Å². The molecule has 0 aromatic heterocycles. The van der Waals surface area contributed by atoms with Crippen molar-refractivity contribution in [1.82, 2.24) is 0 Å². The van der Waals surface area contributed by atoms with Crippen molar-refractivity contribution < 1.29 is 23.0 Å². The van der Waals surface area contributed by atoms with E-state index in [-0.39, 0.29) is 12.2 Å². The van der Waals surface area contributed by atoms with Gasteiger partial charge in [0.25, 0.3) is 0 Å². The van der Waals surface area contributed by atoms with Crippen molar-refractivity contribution in [3.63, 3.8) is 0 Å². The smallest absolute Gasteiger partial charge is 0.135 e. The Morgan fingerprint density at radius 1 is 1.05 bits per heavy atom. The number of benzene rings is 2. The van der Waals surface area contributed by atoms with Gasteiger partial charge in [0.15, 0.2) is 0 Å². The summed E-state index contributed by atoms with van der Waals surface area (Å²) in [5, 5.41) is 9.95. The van der Waals surface area contributed by atoms with E-state index >= 15 is 0 Å². The van der Waals surface area contributed by atoms with Gasteiger partial charge in [-0.2, -0.15) is 0 Å². The van der Waals surface area contributed by atoms with Crippen LogP contribution in [0.2, 0.25) is 0 Å². The zero-order chi connectivity index (χ0) is 14.7. The van der Waals surface area contributed by atoms with Gasteiger partial charge in [-0.1, -0.05) is 12.1 Å². The Bertz CT molecular complexity index is 574. The van der Waals surface area contributed by atoms with Crippen molar-refractivity contribution in [2.24, 2.45) is 0 Å². The molecule has 0 aliphatic carbocycles. The summed E-state index contributed by atoms with van der Waals surface area (Å²) in [4.78, 5) is 0. The van der Waals surface area contributed by atoms with Crippen LogP contribution in [0, 0.1) is 17.5 Å². The minimum Gasteiger partial charge on any atom is -0.497 e. The molecule has 0 saturated heterocycles. The molecule has 106 valence electrons. The first-order valence-electron chi connectivity index (χ1n) is 5.96. The van der Waals surface area contributed by atoms with Crippen LogP contribution in [0.3, 0.4) is 0 Å². The van der Waals surface area contributed by atoms with Gasteiger partial charge in [0.2, 0.25) is 0 Å². The van der Waals surface area contributed by atoms with Crippen LogP contribution < -0.4 is 4.74 Å². The Hall–Kier alpha value is -2.01. The lowest BCUT2D eigenvalue weighted by Gasteiger charge is -2.14. The summed E-state index contributed by atoms with van der Waals surface area (Å²) in [6.07, 6.45) is -1.37. The van der Waals surface area contributed by atoms with Crippen LogP contribution in [-0.4, -0.2) is 12.2 Å². The summed E-state index contributed by atoms with van der Waals surface area (Å²) < 4.78 is 45.1. The van der Waals surface area contributed by atoms with E-state index in [9.17, 15) is 18.3 Å². The number of halogens is 3. The summed E-state index contributed by atoms with van der Waals surface area (Å²) in [5.74, 6) is -2.13. The van der Waals surface area contributed by atoms with E-state index in [4.69, 9.17) is 4.74 Å². The van der Waals surface area contributed by atoms with E-state index in [1.54, 1.807) is 0 Å². The van der Waals surface area contributed by atoms with Gasteiger partial charge >= 0.3 is 0 Å². The molecular formula is C15H13F3O2. The number of aliphatic hydroxyl groups is 1. The maximum absolute atomic E-state index is 13.8. The van der Waals surface area contributed by atoms with Crippen LogP contribution in [-0.2, 0) is 6.42 Å². The maximum atomic E-state index is 13.8. The molecule has 1 atom stereocenters. The van der Waals surface area contributed by atoms with Gasteiger partial charge in [-0.15, -0.1) is 0 Å². The molecule has 0 heterocycles. The Labute approximate surface area is 114 Å². The lowest BCUT2D eigenvalue weighted by atomic mass is 10.0. The number of aliphatic hydroxyl groups excluding tert-OH is 1. The number of rotatable bonds is 4. The summed E-state index contributed by atoms with van der Waals surface area (Å²) in [6.45, 7) is 0. The molecule has 0 saturated carbocycles. The first-order valence-corrected chi connectivity index (χ1v) is 5.96. The van der Waals surface area contributed by atoms with Gasteiger partial charge < -0.3 is 9.84 Å². The van der Waals surface area contributed by atoms with Gasteiger partial charge in [-0.05, 0) is 17.7 Å². The van der Waals surface area contributed by atoms with Gasteiger partial charge in [-0.25, -0.2) is 13.2 Å². The highest BCUT2D eigenvalue weighted by Gasteiger charge is 2.20. The summed E-state index contributed by atoms with van der Waals surface area (Å²) in [6, 6.07) is 7.37. The third kappa shape index (κ3) is 3.11. The monoisotopic (exact) mass is 282 g/mol. The minimum atomic E-state index is -1.36. The van der Waals surface area contributed by atoms with Crippen LogP contribution in [0.1, 0.15) is 17.2 Å². The molecule has 0 aliphatic rings. The van der Waals surface area contributed by atoms with Gasteiger partial charge in [-0.3, -0.25) is 0 Å². The predicted molar refractivity (Wildman–Crippen MR) is 68.0 cm³/mol. The Morgan fingerprint density at radius 3 is 2.10 bits per heavy atom. The highest BCUT2D eigenvalue weighted by atomic mass is 19.1. The molecule has 0 aliphatic heterocycles. The zero-order valence-electron chi connectivity index (χ0n) is 10.7. The SMILES string of the molecule is COc1cc(F)c(C(O)Cc2ccc(F)cc2)c(F)c1. The van der Waals surface area contributed by atoms with Gasteiger partial charge in [0.05, 0.1) is 18.8 Å². The number of hydrogen-bond donors (Lipinski definition) is 1. The molecule has 0 amide bonds. The molecule has 1 N–H and O–H groups in total.